The number of fused-ring (bicyclic) bond motifs is 3. The second kappa shape index (κ2) is 8.39. The lowest BCUT2D eigenvalue weighted by Crippen LogP contribution is -2.25. The number of methoxy groups -OCH3 is 1. The molecule has 0 fully saturated rings. The van der Waals surface area contributed by atoms with Crippen LogP contribution in [0.25, 0.3) is 10.2 Å². The number of thioether (sulfide) groups is 1. The number of aryl methyl sites for hydroxylation is 2. The third-order valence-corrected chi connectivity index (χ3v) is 7.20. The first-order valence-corrected chi connectivity index (χ1v) is 10.7. The van der Waals surface area contributed by atoms with Gasteiger partial charge in [-0.05, 0) is 37.7 Å². The van der Waals surface area contributed by atoms with Crippen molar-refractivity contribution in [2.45, 2.75) is 62.4 Å². The van der Waals surface area contributed by atoms with E-state index in [0.717, 1.165) is 29.5 Å². The molecule has 1 atom stereocenters. The maximum atomic E-state index is 13.2. The Balaban J connectivity index is 2.14. The molecule has 7 heteroatoms. The number of allylic oxidation sites excluding steroid dienone is 1. The highest BCUT2D eigenvalue weighted by Crippen LogP contribution is 2.35. The zero-order valence-corrected chi connectivity index (χ0v) is 16.9. The molecule has 0 bridgehead atoms. The Labute approximate surface area is 161 Å². The van der Waals surface area contributed by atoms with Gasteiger partial charge in [-0.15, -0.1) is 17.9 Å². The number of carbonyl (C=O) groups is 1. The fraction of sp³-hybridized carbons (Fsp3) is 0.526. The van der Waals surface area contributed by atoms with Gasteiger partial charge in [0, 0.05) is 11.4 Å². The van der Waals surface area contributed by atoms with E-state index < -0.39 is 0 Å². The predicted molar refractivity (Wildman–Crippen MR) is 107 cm³/mol. The molecule has 1 aliphatic rings. The molecule has 2 aromatic rings. The maximum absolute atomic E-state index is 13.2. The minimum absolute atomic E-state index is 0.0171. The fourth-order valence-electron chi connectivity index (χ4n) is 3.33. The molecule has 0 aromatic carbocycles. The van der Waals surface area contributed by atoms with E-state index in [9.17, 15) is 9.59 Å². The van der Waals surface area contributed by atoms with Crippen LogP contribution < -0.4 is 5.56 Å². The molecule has 0 radical (unpaired) electrons. The number of hydrogen-bond donors (Lipinski definition) is 0. The van der Waals surface area contributed by atoms with E-state index in [1.54, 1.807) is 22.0 Å². The SMILES string of the molecule is C=CCn1c(S[C@H](CC)C(=O)OC)nc2sc3c(c2c1=O)CCCCC3. The van der Waals surface area contributed by atoms with Crippen LogP contribution in [0.15, 0.2) is 22.6 Å². The van der Waals surface area contributed by atoms with Crippen molar-refractivity contribution in [3.8, 4) is 0 Å². The molecule has 0 saturated carbocycles. The van der Waals surface area contributed by atoms with Gasteiger partial charge in [-0.3, -0.25) is 14.2 Å². The van der Waals surface area contributed by atoms with E-state index in [0.29, 0.717) is 18.1 Å². The monoisotopic (exact) mass is 392 g/mol. The van der Waals surface area contributed by atoms with Crippen molar-refractivity contribution in [1.29, 1.82) is 0 Å². The Morgan fingerprint density at radius 3 is 2.88 bits per heavy atom. The highest BCUT2D eigenvalue weighted by Gasteiger charge is 2.25. The van der Waals surface area contributed by atoms with Gasteiger partial charge in [0.15, 0.2) is 5.16 Å². The molecule has 0 N–H and O–H groups in total. The topological polar surface area (TPSA) is 61.2 Å². The number of aromatic nitrogens is 2. The summed E-state index contributed by atoms with van der Waals surface area (Å²) in [5.74, 6) is -0.293. The summed E-state index contributed by atoms with van der Waals surface area (Å²) in [5, 5.41) is 0.957. The first-order valence-electron chi connectivity index (χ1n) is 9.01. The van der Waals surface area contributed by atoms with E-state index >= 15 is 0 Å². The summed E-state index contributed by atoms with van der Waals surface area (Å²) >= 11 is 2.94. The van der Waals surface area contributed by atoms with Gasteiger partial charge in [-0.1, -0.05) is 31.2 Å². The third kappa shape index (κ3) is 3.60. The molecule has 3 rings (SSSR count). The average molecular weight is 393 g/mol. The van der Waals surface area contributed by atoms with Crippen molar-refractivity contribution in [3.05, 3.63) is 33.4 Å². The summed E-state index contributed by atoms with van der Waals surface area (Å²) < 4.78 is 6.52. The minimum atomic E-state index is -0.377. The molecule has 2 aromatic heterocycles. The molecule has 0 saturated heterocycles. The number of esters is 1. The Morgan fingerprint density at radius 2 is 2.19 bits per heavy atom. The third-order valence-electron chi connectivity index (χ3n) is 4.68. The summed E-state index contributed by atoms with van der Waals surface area (Å²) in [6.45, 7) is 6.08. The second-order valence-electron chi connectivity index (χ2n) is 6.38. The normalized spacial score (nSPS) is 15.3. The molecule has 2 heterocycles. The lowest BCUT2D eigenvalue weighted by Gasteiger charge is -2.15. The highest BCUT2D eigenvalue weighted by molar-refractivity contribution is 8.00. The van der Waals surface area contributed by atoms with E-state index in [4.69, 9.17) is 9.72 Å². The minimum Gasteiger partial charge on any atom is -0.468 e. The zero-order valence-electron chi connectivity index (χ0n) is 15.2. The fourth-order valence-corrected chi connectivity index (χ4v) is 5.69. The van der Waals surface area contributed by atoms with Crippen LogP contribution in [0.1, 0.15) is 43.0 Å². The Morgan fingerprint density at radius 1 is 1.42 bits per heavy atom. The molecule has 0 unspecified atom stereocenters. The maximum Gasteiger partial charge on any atom is 0.319 e. The van der Waals surface area contributed by atoms with Gasteiger partial charge < -0.3 is 4.74 Å². The van der Waals surface area contributed by atoms with E-state index in [2.05, 4.69) is 6.58 Å². The molecule has 0 spiro atoms. The van der Waals surface area contributed by atoms with Gasteiger partial charge in [0.2, 0.25) is 0 Å². The lowest BCUT2D eigenvalue weighted by molar-refractivity contribution is -0.140. The zero-order chi connectivity index (χ0) is 18.7. The van der Waals surface area contributed by atoms with Crippen LogP contribution in [0.4, 0.5) is 0 Å². The number of rotatable bonds is 6. The molecular formula is C19H24N2O3S2. The van der Waals surface area contributed by atoms with Crippen molar-refractivity contribution >= 4 is 39.3 Å². The number of hydrogen-bond acceptors (Lipinski definition) is 6. The van der Waals surface area contributed by atoms with Crippen LogP contribution in [0.5, 0.6) is 0 Å². The molecule has 5 nitrogen and oxygen atoms in total. The van der Waals surface area contributed by atoms with Gasteiger partial charge >= 0.3 is 5.97 Å². The first kappa shape index (κ1) is 19.2. The summed E-state index contributed by atoms with van der Waals surface area (Å²) in [6, 6.07) is 0. The first-order chi connectivity index (χ1) is 12.6. The van der Waals surface area contributed by atoms with Crippen molar-refractivity contribution < 1.29 is 9.53 Å². The summed E-state index contributed by atoms with van der Waals surface area (Å²) in [7, 11) is 1.38. The molecular weight excluding hydrogens is 368 g/mol. The van der Waals surface area contributed by atoms with Crippen molar-refractivity contribution in [2.75, 3.05) is 7.11 Å². The number of thiophene rings is 1. The summed E-state index contributed by atoms with van der Waals surface area (Å²) in [5.41, 5.74) is 1.17. The quantitative estimate of drug-likeness (QED) is 0.245. The van der Waals surface area contributed by atoms with Gasteiger partial charge in [-0.2, -0.15) is 0 Å². The highest BCUT2D eigenvalue weighted by atomic mass is 32.2. The van der Waals surface area contributed by atoms with Crippen molar-refractivity contribution in [1.82, 2.24) is 9.55 Å². The Bertz CT molecular complexity index is 885. The van der Waals surface area contributed by atoms with Crippen molar-refractivity contribution in [3.63, 3.8) is 0 Å². The van der Waals surface area contributed by atoms with Crippen LogP contribution in [-0.4, -0.2) is 27.9 Å². The standard InChI is InChI=1S/C19H24N2O3S2/c1-4-11-21-17(22)15-12-9-7-6-8-10-14(12)25-16(15)20-19(21)26-13(5-2)18(23)24-3/h4,13H,1,5-11H2,2-3H3/t13-/m1/s1. The van der Waals surface area contributed by atoms with Crippen LogP contribution in [0, 0.1) is 0 Å². The number of nitrogens with zero attached hydrogens (tertiary/aromatic N) is 2. The predicted octanol–water partition coefficient (Wildman–Crippen LogP) is 3.96. The van der Waals surface area contributed by atoms with Gasteiger partial charge in [0.25, 0.3) is 5.56 Å². The van der Waals surface area contributed by atoms with Gasteiger partial charge in [-0.25, -0.2) is 4.98 Å². The summed E-state index contributed by atoms with van der Waals surface area (Å²) in [6.07, 6.45) is 7.79. The average Bonchev–Trinajstić information content (AvgIpc) is 2.83. The molecule has 1 aliphatic carbocycles. The smallest absolute Gasteiger partial charge is 0.319 e. The van der Waals surface area contributed by atoms with E-state index in [1.165, 1.54) is 42.2 Å². The largest absolute Gasteiger partial charge is 0.468 e. The van der Waals surface area contributed by atoms with E-state index in [1.807, 2.05) is 6.92 Å². The van der Waals surface area contributed by atoms with Crippen LogP contribution in [0.2, 0.25) is 0 Å². The van der Waals surface area contributed by atoms with E-state index in [-0.39, 0.29) is 16.8 Å². The van der Waals surface area contributed by atoms with Crippen molar-refractivity contribution in [2.24, 2.45) is 0 Å². The molecule has 26 heavy (non-hydrogen) atoms. The second-order valence-corrected chi connectivity index (χ2v) is 8.63. The molecule has 0 aliphatic heterocycles. The van der Waals surface area contributed by atoms with Gasteiger partial charge in [0.05, 0.1) is 12.5 Å². The Kier molecular flexibility index (Phi) is 6.19. The van der Waals surface area contributed by atoms with Crippen LogP contribution in [-0.2, 0) is 28.9 Å². The lowest BCUT2D eigenvalue weighted by atomic mass is 10.1. The van der Waals surface area contributed by atoms with Crippen LogP contribution in [0.3, 0.4) is 0 Å². The van der Waals surface area contributed by atoms with Crippen LogP contribution >= 0.6 is 23.1 Å². The summed E-state index contributed by atoms with van der Waals surface area (Å²) in [4.78, 5) is 32.1. The molecule has 140 valence electrons. The number of carbonyl (C=O) groups excluding carboxylic acids is 1. The Hall–Kier alpha value is -1.60. The number of ether oxygens (including phenoxy) is 1. The molecule has 0 amide bonds. The van der Waals surface area contributed by atoms with Gasteiger partial charge in [0.1, 0.15) is 10.1 Å².